The van der Waals surface area contributed by atoms with Crippen molar-refractivity contribution in [1.29, 1.82) is 0 Å². The van der Waals surface area contributed by atoms with Gasteiger partial charge in [-0.1, -0.05) is 30.0 Å². The first-order valence-electron chi connectivity index (χ1n) is 10.8. The highest BCUT2D eigenvalue weighted by molar-refractivity contribution is 8.15. The smallest absolute Gasteiger partial charge is 0.286 e. The lowest BCUT2D eigenvalue weighted by Gasteiger charge is -2.19. The Kier molecular flexibility index (Phi) is 8.99. The molecule has 1 aliphatic rings. The predicted octanol–water partition coefficient (Wildman–Crippen LogP) is 2.44. The fourth-order valence-electron chi connectivity index (χ4n) is 3.18. The molecule has 0 bridgehead atoms. The number of rotatable bonds is 12. The maximum absolute atomic E-state index is 11.7. The summed E-state index contributed by atoms with van der Waals surface area (Å²) in [7, 11) is 3.93. The first-order chi connectivity index (χ1) is 15.8. The van der Waals surface area contributed by atoms with E-state index in [4.69, 9.17) is 9.47 Å². The van der Waals surface area contributed by atoms with Crippen molar-refractivity contribution in [2.45, 2.75) is 30.7 Å². The molecule has 1 aliphatic heterocycles. The third kappa shape index (κ3) is 7.96. The molecule has 33 heavy (non-hydrogen) atoms. The average molecular weight is 474 g/mol. The molecule has 9 heteroatoms. The maximum atomic E-state index is 11.7. The number of amides is 2. The van der Waals surface area contributed by atoms with Gasteiger partial charge in [0.15, 0.2) is 0 Å². The molecule has 1 fully saturated rings. The molecule has 8 nitrogen and oxygen atoms in total. The highest BCUT2D eigenvalue weighted by Gasteiger charge is 2.31. The molecule has 3 N–H and O–H groups in total. The molecule has 2 amide bonds. The van der Waals surface area contributed by atoms with Crippen LogP contribution in [0.3, 0.4) is 0 Å². The number of anilines is 1. The van der Waals surface area contributed by atoms with Gasteiger partial charge in [-0.2, -0.15) is 0 Å². The summed E-state index contributed by atoms with van der Waals surface area (Å²) in [6, 6.07) is 15.3. The van der Waals surface area contributed by atoms with Gasteiger partial charge in [-0.25, -0.2) is 0 Å². The topological polar surface area (TPSA) is 100 Å². The van der Waals surface area contributed by atoms with E-state index in [1.165, 1.54) is 0 Å². The third-order valence-electron chi connectivity index (χ3n) is 5.09. The molecular formula is C24H31N3O5S. The Hall–Kier alpha value is -2.75. The molecule has 0 aromatic heterocycles. The molecule has 3 unspecified atom stereocenters. The Bertz CT molecular complexity index is 938. The van der Waals surface area contributed by atoms with Gasteiger partial charge < -0.3 is 24.8 Å². The number of carbonyl (C=O) groups excluding carboxylic acids is 2. The summed E-state index contributed by atoms with van der Waals surface area (Å²) in [4.78, 5) is 24.9. The number of aliphatic hydroxyl groups excluding tert-OH is 1. The normalized spacial score (nSPS) is 17.4. The summed E-state index contributed by atoms with van der Waals surface area (Å²) in [5.41, 5.74) is 2.01. The van der Waals surface area contributed by atoms with Crippen LogP contribution in [0, 0.1) is 0 Å². The molecule has 3 atom stereocenters. The molecular weight excluding hydrogens is 442 g/mol. The third-order valence-corrected chi connectivity index (χ3v) is 6.07. The molecule has 1 saturated heterocycles. The number of aliphatic hydroxyl groups is 1. The van der Waals surface area contributed by atoms with Crippen molar-refractivity contribution in [3.8, 4) is 11.5 Å². The van der Waals surface area contributed by atoms with E-state index in [2.05, 4.69) is 10.6 Å². The molecule has 0 spiro atoms. The van der Waals surface area contributed by atoms with E-state index < -0.39 is 6.10 Å². The van der Waals surface area contributed by atoms with Crippen molar-refractivity contribution in [2.24, 2.45) is 0 Å². The monoisotopic (exact) mass is 473 g/mol. The van der Waals surface area contributed by atoms with Gasteiger partial charge in [0.2, 0.25) is 5.91 Å². The number of ether oxygens (including phenoxy) is 2. The number of thioether (sulfide) groups is 1. The van der Waals surface area contributed by atoms with Crippen molar-refractivity contribution in [3.63, 3.8) is 0 Å². The summed E-state index contributed by atoms with van der Waals surface area (Å²) < 4.78 is 11.5. The number of nitrogens with one attached hydrogen (secondary N) is 2. The van der Waals surface area contributed by atoms with Crippen LogP contribution in [-0.4, -0.2) is 67.5 Å². The average Bonchev–Trinajstić information content (AvgIpc) is 3.12. The van der Waals surface area contributed by atoms with E-state index in [0.29, 0.717) is 19.6 Å². The highest BCUT2D eigenvalue weighted by Crippen LogP contribution is 2.24. The summed E-state index contributed by atoms with van der Waals surface area (Å²) in [6.45, 7) is 3.00. The van der Waals surface area contributed by atoms with Gasteiger partial charge in [0.05, 0.1) is 5.25 Å². The molecule has 0 saturated carbocycles. The number of hydrogen-bond acceptors (Lipinski definition) is 8. The second-order valence-electron chi connectivity index (χ2n) is 8.21. The van der Waals surface area contributed by atoms with Crippen molar-refractivity contribution in [2.75, 3.05) is 38.8 Å². The summed E-state index contributed by atoms with van der Waals surface area (Å²) >= 11 is 1.03. The highest BCUT2D eigenvalue weighted by atomic mass is 32.2. The van der Waals surface area contributed by atoms with Crippen molar-refractivity contribution in [1.82, 2.24) is 10.6 Å². The minimum Gasteiger partial charge on any atom is -0.492 e. The first kappa shape index (κ1) is 24.9. The van der Waals surface area contributed by atoms with E-state index in [-0.39, 0.29) is 29.0 Å². The van der Waals surface area contributed by atoms with Gasteiger partial charge in [-0.05, 0) is 43.2 Å². The summed E-state index contributed by atoms with van der Waals surface area (Å²) in [5, 5.41) is 15.1. The lowest BCUT2D eigenvalue weighted by atomic mass is 10.1. The van der Waals surface area contributed by atoms with Gasteiger partial charge in [0.1, 0.15) is 30.8 Å². The van der Waals surface area contributed by atoms with E-state index in [1.807, 2.05) is 74.4 Å². The first-order valence-corrected chi connectivity index (χ1v) is 11.7. The molecule has 2 aromatic carbocycles. The molecule has 0 aliphatic carbocycles. The Morgan fingerprint density at radius 3 is 2.48 bits per heavy atom. The fraction of sp³-hybridized carbons (Fsp3) is 0.417. The van der Waals surface area contributed by atoms with Crippen molar-refractivity contribution >= 4 is 28.6 Å². The minimum absolute atomic E-state index is 0.0287. The van der Waals surface area contributed by atoms with Crippen molar-refractivity contribution in [3.05, 3.63) is 54.1 Å². The van der Waals surface area contributed by atoms with E-state index >= 15 is 0 Å². The molecule has 178 valence electrons. The zero-order valence-electron chi connectivity index (χ0n) is 19.1. The van der Waals surface area contributed by atoms with Gasteiger partial charge in [0, 0.05) is 38.4 Å². The zero-order chi connectivity index (χ0) is 23.8. The van der Waals surface area contributed by atoms with Crippen molar-refractivity contribution < 1.29 is 24.2 Å². The number of benzene rings is 2. The van der Waals surface area contributed by atoms with Gasteiger partial charge >= 0.3 is 0 Å². The van der Waals surface area contributed by atoms with Crippen LogP contribution < -0.4 is 25.0 Å². The molecule has 3 rings (SSSR count). The predicted molar refractivity (Wildman–Crippen MR) is 130 cm³/mol. The second-order valence-corrected chi connectivity index (χ2v) is 9.38. The van der Waals surface area contributed by atoms with Gasteiger partial charge in [0.25, 0.3) is 5.24 Å². The molecule has 1 heterocycles. The van der Waals surface area contributed by atoms with Crippen LogP contribution in [0.25, 0.3) is 0 Å². The largest absolute Gasteiger partial charge is 0.492 e. The molecule has 2 aromatic rings. The Morgan fingerprint density at radius 2 is 1.82 bits per heavy atom. The Balaban J connectivity index is 1.34. The van der Waals surface area contributed by atoms with E-state index in [0.717, 1.165) is 34.5 Å². The van der Waals surface area contributed by atoms with Crippen LogP contribution in [-0.2, 0) is 11.2 Å². The van der Waals surface area contributed by atoms with Gasteiger partial charge in [-0.3, -0.25) is 14.9 Å². The van der Waals surface area contributed by atoms with Crippen LogP contribution in [0.1, 0.15) is 12.5 Å². The van der Waals surface area contributed by atoms with Gasteiger partial charge in [-0.15, -0.1) is 0 Å². The minimum atomic E-state index is -0.646. The molecule has 0 radical (unpaired) electrons. The summed E-state index contributed by atoms with van der Waals surface area (Å²) in [6.07, 6.45) is -0.146. The van der Waals surface area contributed by atoms with E-state index in [1.54, 1.807) is 0 Å². The SMILES string of the molecule is CC(COc1ccc(CC2SC(=O)NC2=O)cc1)NCC(O)COc1cccc(N(C)C)c1. The number of hydrogen-bond donors (Lipinski definition) is 3. The van der Waals surface area contributed by atoms with E-state index in [9.17, 15) is 14.7 Å². The standard InChI is InChI=1S/C24H31N3O5S/c1-16(25-13-19(28)15-32-21-6-4-5-18(12-21)27(2)3)14-31-20-9-7-17(8-10-20)11-22-23(29)26-24(30)33-22/h4-10,12,16,19,22,25,28H,11,13-15H2,1-3H3,(H,26,29,30). The lowest BCUT2D eigenvalue weighted by Crippen LogP contribution is -2.39. The Labute approximate surface area is 198 Å². The quantitative estimate of drug-likeness (QED) is 0.432. The summed E-state index contributed by atoms with van der Waals surface area (Å²) in [5.74, 6) is 1.20. The lowest BCUT2D eigenvalue weighted by molar-refractivity contribution is -0.118. The van der Waals surface area contributed by atoms with Crippen LogP contribution in [0.2, 0.25) is 0 Å². The van der Waals surface area contributed by atoms with Crippen LogP contribution in [0.15, 0.2) is 48.5 Å². The van der Waals surface area contributed by atoms with Crippen LogP contribution >= 0.6 is 11.8 Å². The van der Waals surface area contributed by atoms with Crippen LogP contribution in [0.4, 0.5) is 10.5 Å². The van der Waals surface area contributed by atoms with Crippen LogP contribution in [0.5, 0.6) is 11.5 Å². The zero-order valence-corrected chi connectivity index (χ0v) is 19.9. The number of imide groups is 1. The fourth-order valence-corrected chi connectivity index (χ4v) is 4.04. The second kappa shape index (κ2) is 11.9. The maximum Gasteiger partial charge on any atom is 0.286 e. The Morgan fingerprint density at radius 1 is 1.09 bits per heavy atom. The number of carbonyl (C=O) groups is 2. The number of nitrogens with zero attached hydrogens (tertiary/aromatic N) is 1.